The number of aliphatic hydroxyl groups excluding tert-OH is 2. The van der Waals surface area contributed by atoms with Gasteiger partial charge in [-0.05, 0) is 77.0 Å². The summed E-state index contributed by atoms with van der Waals surface area (Å²) in [5.41, 5.74) is 0. The number of unbranched alkanes of at least 4 members (excludes halogenated alkanes) is 37. The molecule has 0 aliphatic rings. The van der Waals surface area contributed by atoms with Gasteiger partial charge in [-0.15, -0.1) is 0 Å². The molecule has 0 saturated carbocycles. The number of nitrogens with one attached hydrogen (secondary N) is 1. The summed E-state index contributed by atoms with van der Waals surface area (Å²) in [5, 5.41) is 23.1. The monoisotopic (exact) mass is 928 g/mol. The van der Waals surface area contributed by atoms with E-state index in [1.54, 1.807) is 0 Å². The number of carbonyl (C=O) groups is 2. The van der Waals surface area contributed by atoms with E-state index in [2.05, 4.69) is 55.6 Å². The first-order chi connectivity index (χ1) is 32.5. The number of aliphatic hydroxyl groups is 2. The number of carbonyl (C=O) groups excluding carboxylic acids is 2. The molecule has 3 N–H and O–H groups in total. The molecule has 0 aromatic heterocycles. The van der Waals surface area contributed by atoms with Crippen LogP contribution in [0.5, 0.6) is 0 Å². The van der Waals surface area contributed by atoms with Gasteiger partial charge in [0.1, 0.15) is 0 Å². The zero-order valence-electron chi connectivity index (χ0n) is 44.2. The Morgan fingerprint density at radius 2 is 0.788 bits per heavy atom. The number of esters is 1. The van der Waals surface area contributed by atoms with Gasteiger partial charge in [-0.3, -0.25) is 9.59 Å². The lowest BCUT2D eigenvalue weighted by Crippen LogP contribution is -2.45. The second-order valence-electron chi connectivity index (χ2n) is 20.0. The summed E-state index contributed by atoms with van der Waals surface area (Å²) in [4.78, 5) is 24.4. The Hall–Kier alpha value is -1.92. The second-order valence-corrected chi connectivity index (χ2v) is 20.0. The van der Waals surface area contributed by atoms with Gasteiger partial charge in [-0.2, -0.15) is 0 Å². The van der Waals surface area contributed by atoms with Gasteiger partial charge in [0.25, 0.3) is 0 Å². The van der Waals surface area contributed by atoms with Gasteiger partial charge in [0.15, 0.2) is 0 Å². The zero-order chi connectivity index (χ0) is 47.9. The van der Waals surface area contributed by atoms with Crippen LogP contribution in [0.1, 0.15) is 309 Å². The maximum atomic E-state index is 12.4. The highest BCUT2D eigenvalue weighted by Gasteiger charge is 2.20. The van der Waals surface area contributed by atoms with E-state index in [1.165, 1.54) is 225 Å². The summed E-state index contributed by atoms with van der Waals surface area (Å²) >= 11 is 0. The predicted molar refractivity (Wildman–Crippen MR) is 287 cm³/mol. The van der Waals surface area contributed by atoms with E-state index in [1.807, 2.05) is 0 Å². The molecule has 0 aromatic carbocycles. The van der Waals surface area contributed by atoms with Crippen molar-refractivity contribution in [3.63, 3.8) is 0 Å². The number of hydrogen-bond donors (Lipinski definition) is 3. The molecular formula is C60H113NO5. The Labute approximate surface area is 411 Å². The standard InChI is InChI=1S/C60H113NO5/c1-3-5-7-9-11-13-14-30-34-38-42-46-50-54-60(65)66-55-51-47-43-39-35-32-29-27-25-23-21-19-17-15-16-18-20-22-24-26-28-31-33-37-41-45-49-53-59(64)61-57(56-62)58(63)52-48-44-40-36-12-10-8-6-4-2/h7,9,13-16,57-58,62-63H,3-6,8,10-12,17-56H2,1-2H3,(H,61,64)/b9-7-,14-13-,16-15-. The molecule has 6 heteroatoms. The highest BCUT2D eigenvalue weighted by atomic mass is 16.5. The average molecular weight is 929 g/mol. The van der Waals surface area contributed by atoms with E-state index in [4.69, 9.17) is 4.74 Å². The van der Waals surface area contributed by atoms with E-state index < -0.39 is 12.1 Å². The van der Waals surface area contributed by atoms with Crippen molar-refractivity contribution in [1.82, 2.24) is 5.32 Å². The SMILES string of the molecule is CCC/C=C\C/C=C\CCCCCCCC(=O)OCCCCCCCCCCCCCC/C=C\CCCCCCCCCCCCCC(=O)NC(CO)C(O)CCCCCCCCCCC. The molecule has 0 fully saturated rings. The van der Waals surface area contributed by atoms with Crippen molar-refractivity contribution in [2.45, 2.75) is 321 Å². The lowest BCUT2D eigenvalue weighted by molar-refractivity contribution is -0.143. The van der Waals surface area contributed by atoms with Gasteiger partial charge in [0, 0.05) is 12.8 Å². The third kappa shape index (κ3) is 51.5. The minimum atomic E-state index is -0.662. The topological polar surface area (TPSA) is 95.9 Å². The van der Waals surface area contributed by atoms with Crippen LogP contribution in [0.25, 0.3) is 0 Å². The van der Waals surface area contributed by atoms with Crippen molar-refractivity contribution in [3.8, 4) is 0 Å². The number of allylic oxidation sites excluding steroid dienone is 6. The minimum Gasteiger partial charge on any atom is -0.466 e. The Kier molecular flexibility index (Phi) is 54.1. The summed E-state index contributed by atoms with van der Waals surface area (Å²) in [6.07, 6.45) is 68.7. The van der Waals surface area contributed by atoms with Gasteiger partial charge in [-0.1, -0.05) is 256 Å². The molecular weight excluding hydrogens is 815 g/mol. The van der Waals surface area contributed by atoms with Crippen molar-refractivity contribution in [3.05, 3.63) is 36.5 Å². The molecule has 0 rings (SSSR count). The van der Waals surface area contributed by atoms with Crippen LogP contribution in [-0.4, -0.2) is 47.4 Å². The number of ether oxygens (including phenoxy) is 1. The maximum Gasteiger partial charge on any atom is 0.305 e. The summed E-state index contributed by atoms with van der Waals surface area (Å²) in [7, 11) is 0. The lowest BCUT2D eigenvalue weighted by atomic mass is 10.0. The van der Waals surface area contributed by atoms with E-state index in [0.717, 1.165) is 51.4 Å². The van der Waals surface area contributed by atoms with Gasteiger partial charge >= 0.3 is 5.97 Å². The predicted octanol–water partition coefficient (Wildman–Crippen LogP) is 18.0. The largest absolute Gasteiger partial charge is 0.466 e. The maximum absolute atomic E-state index is 12.4. The van der Waals surface area contributed by atoms with Crippen LogP contribution in [0.3, 0.4) is 0 Å². The third-order valence-corrected chi connectivity index (χ3v) is 13.4. The molecule has 66 heavy (non-hydrogen) atoms. The van der Waals surface area contributed by atoms with E-state index in [9.17, 15) is 19.8 Å². The van der Waals surface area contributed by atoms with Crippen LogP contribution in [0.4, 0.5) is 0 Å². The first-order valence-corrected chi connectivity index (χ1v) is 29.2. The van der Waals surface area contributed by atoms with Crippen molar-refractivity contribution >= 4 is 11.9 Å². The summed E-state index contributed by atoms with van der Waals surface area (Å²) < 4.78 is 5.46. The highest BCUT2D eigenvalue weighted by Crippen LogP contribution is 2.17. The molecule has 0 spiro atoms. The van der Waals surface area contributed by atoms with E-state index in [-0.39, 0.29) is 18.5 Å². The fraction of sp³-hybridized carbons (Fsp3) is 0.867. The summed E-state index contributed by atoms with van der Waals surface area (Å²) in [6.45, 7) is 4.87. The molecule has 0 saturated heterocycles. The van der Waals surface area contributed by atoms with Gasteiger partial charge < -0.3 is 20.3 Å². The summed E-state index contributed by atoms with van der Waals surface area (Å²) in [5.74, 6) is -0.0389. The Bertz CT molecular complexity index is 1070. The first kappa shape index (κ1) is 64.1. The van der Waals surface area contributed by atoms with Crippen LogP contribution in [0.2, 0.25) is 0 Å². The third-order valence-electron chi connectivity index (χ3n) is 13.4. The molecule has 2 atom stereocenters. The molecule has 0 radical (unpaired) electrons. The van der Waals surface area contributed by atoms with Crippen LogP contribution >= 0.6 is 0 Å². The smallest absolute Gasteiger partial charge is 0.305 e. The van der Waals surface area contributed by atoms with E-state index >= 15 is 0 Å². The fourth-order valence-electron chi connectivity index (χ4n) is 8.91. The van der Waals surface area contributed by atoms with Gasteiger partial charge in [-0.25, -0.2) is 0 Å². The van der Waals surface area contributed by atoms with Gasteiger partial charge in [0.2, 0.25) is 5.91 Å². The van der Waals surface area contributed by atoms with Crippen LogP contribution in [-0.2, 0) is 14.3 Å². The molecule has 2 unspecified atom stereocenters. The normalized spacial score (nSPS) is 12.8. The number of hydrogen-bond acceptors (Lipinski definition) is 5. The Morgan fingerprint density at radius 1 is 0.424 bits per heavy atom. The molecule has 388 valence electrons. The molecule has 1 amide bonds. The molecule has 0 heterocycles. The molecule has 0 aliphatic heterocycles. The van der Waals surface area contributed by atoms with Crippen molar-refractivity contribution in [1.29, 1.82) is 0 Å². The molecule has 6 nitrogen and oxygen atoms in total. The average Bonchev–Trinajstić information content (AvgIpc) is 3.32. The van der Waals surface area contributed by atoms with Crippen LogP contribution < -0.4 is 5.32 Å². The fourth-order valence-corrected chi connectivity index (χ4v) is 8.91. The molecule has 0 bridgehead atoms. The zero-order valence-corrected chi connectivity index (χ0v) is 44.2. The quantitative estimate of drug-likeness (QED) is 0.0321. The Balaban J connectivity index is 3.36. The lowest BCUT2D eigenvalue weighted by Gasteiger charge is -2.22. The van der Waals surface area contributed by atoms with Crippen LogP contribution in [0, 0.1) is 0 Å². The second kappa shape index (κ2) is 55.7. The highest BCUT2D eigenvalue weighted by molar-refractivity contribution is 5.76. The van der Waals surface area contributed by atoms with Crippen molar-refractivity contribution < 1.29 is 24.5 Å². The number of amides is 1. The first-order valence-electron chi connectivity index (χ1n) is 29.2. The van der Waals surface area contributed by atoms with Crippen molar-refractivity contribution in [2.75, 3.05) is 13.2 Å². The summed E-state index contributed by atoms with van der Waals surface area (Å²) in [6, 6.07) is -0.540. The van der Waals surface area contributed by atoms with E-state index in [0.29, 0.717) is 25.9 Å². The molecule has 0 aliphatic carbocycles. The van der Waals surface area contributed by atoms with Crippen molar-refractivity contribution in [2.24, 2.45) is 0 Å². The Morgan fingerprint density at radius 3 is 1.23 bits per heavy atom. The van der Waals surface area contributed by atoms with Gasteiger partial charge in [0.05, 0.1) is 25.4 Å². The number of rotatable bonds is 54. The van der Waals surface area contributed by atoms with Crippen LogP contribution in [0.15, 0.2) is 36.5 Å². The molecule has 0 aromatic rings. The minimum absolute atomic E-state index is 0.000686.